The van der Waals surface area contributed by atoms with Gasteiger partial charge in [0.15, 0.2) is 0 Å². The van der Waals surface area contributed by atoms with Gasteiger partial charge in [-0.3, -0.25) is 0 Å². The van der Waals surface area contributed by atoms with Crippen LogP contribution in [0, 0.1) is 0 Å². The molecule has 0 atom stereocenters. The summed E-state index contributed by atoms with van der Waals surface area (Å²) >= 11 is 0. The molecule has 0 fully saturated rings. The van der Waals surface area contributed by atoms with Crippen molar-refractivity contribution in [2.24, 2.45) is 0 Å². The molecule has 1 heterocycles. The Hall–Kier alpha value is -7.69. The number of hydrogen-bond donors (Lipinski definition) is 2. The van der Waals surface area contributed by atoms with Gasteiger partial charge in [0.2, 0.25) is 0 Å². The predicted molar refractivity (Wildman–Crippen MR) is 261 cm³/mol. The Morgan fingerprint density at radius 3 is 1.27 bits per heavy atom. The molecule has 284 valence electrons. The maximum atomic E-state index is 11.4. The summed E-state index contributed by atoms with van der Waals surface area (Å²) in [4.78, 5) is 0. The van der Waals surface area contributed by atoms with Crippen LogP contribution < -0.4 is 16.4 Å². The van der Waals surface area contributed by atoms with Crippen molar-refractivity contribution in [3.8, 4) is 78.3 Å². The van der Waals surface area contributed by atoms with E-state index >= 15 is 0 Å². The van der Waals surface area contributed by atoms with E-state index in [9.17, 15) is 10.2 Å². The highest BCUT2D eigenvalue weighted by molar-refractivity contribution is 6.59. The molecule has 0 spiro atoms. The fraction of sp³-hybridized carbons (Fsp3) is 0. The van der Waals surface area contributed by atoms with Crippen molar-refractivity contribution in [2.45, 2.75) is 0 Å². The number of fused-ring (bicyclic) bond motifs is 5. The van der Waals surface area contributed by atoms with Gasteiger partial charge in [-0.1, -0.05) is 169 Å². The number of para-hydroxylation sites is 1. The number of aromatic hydroxyl groups is 2. The highest BCUT2D eigenvalue weighted by Crippen LogP contribution is 2.49. The molecule has 0 saturated carbocycles. The molecule has 1 aromatic heterocycles. The minimum Gasteiger partial charge on any atom is -0.508 e. The molecule has 6 heteroatoms. The maximum Gasteiger partial charge on any atom is 0.136 e. The molecule has 0 aliphatic carbocycles. The first-order valence-corrected chi connectivity index (χ1v) is 20.5. The van der Waals surface area contributed by atoms with Crippen LogP contribution in [0.5, 0.6) is 11.5 Å². The van der Waals surface area contributed by atoms with Crippen LogP contribution in [0.1, 0.15) is 0 Å². The van der Waals surface area contributed by atoms with Gasteiger partial charge in [-0.25, -0.2) is 0 Å². The summed E-state index contributed by atoms with van der Waals surface area (Å²) in [7, 11) is 18.6. The predicted octanol–water partition coefficient (Wildman–Crippen LogP) is 11.7. The molecule has 6 radical (unpaired) electrons. The quantitative estimate of drug-likeness (QED) is 0.130. The normalized spacial score (nSPS) is 11.5. The number of phenols is 2. The van der Waals surface area contributed by atoms with Crippen molar-refractivity contribution < 1.29 is 14.6 Å². The summed E-state index contributed by atoms with van der Waals surface area (Å²) in [5.41, 5.74) is 13.1. The van der Waals surface area contributed by atoms with Crippen LogP contribution in [0.4, 0.5) is 0 Å². The fourth-order valence-corrected chi connectivity index (χ4v) is 9.27. The van der Waals surface area contributed by atoms with Crippen molar-refractivity contribution >= 4 is 83.4 Å². The molecule has 11 aromatic rings. The zero-order valence-corrected chi connectivity index (χ0v) is 33.4. The van der Waals surface area contributed by atoms with E-state index in [1.807, 2.05) is 60.7 Å². The van der Waals surface area contributed by atoms with Gasteiger partial charge in [0.1, 0.15) is 46.2 Å². The second-order valence-electron chi connectivity index (χ2n) is 15.7. The van der Waals surface area contributed by atoms with Gasteiger partial charge in [-0.05, 0) is 102 Å². The molecule has 62 heavy (non-hydrogen) atoms. The Labute approximate surface area is 362 Å². The third-order valence-corrected chi connectivity index (χ3v) is 12.2. The van der Waals surface area contributed by atoms with E-state index in [2.05, 4.69) is 127 Å². The lowest BCUT2D eigenvalue weighted by molar-refractivity contribution is 0.460. The van der Waals surface area contributed by atoms with Crippen molar-refractivity contribution in [3.63, 3.8) is 0 Å². The first-order valence-electron chi connectivity index (χ1n) is 20.5. The second kappa shape index (κ2) is 14.8. The third kappa shape index (κ3) is 5.94. The van der Waals surface area contributed by atoms with E-state index < -0.39 is 0 Å². The summed E-state index contributed by atoms with van der Waals surface area (Å²) in [6.45, 7) is 0. The zero-order valence-electron chi connectivity index (χ0n) is 33.4. The smallest absolute Gasteiger partial charge is 0.136 e. The molecular formula is C56H33B3O3. The van der Waals surface area contributed by atoms with E-state index in [0.717, 1.165) is 99.1 Å². The van der Waals surface area contributed by atoms with Crippen LogP contribution in [0.25, 0.3) is 110 Å². The molecule has 2 N–H and O–H groups in total. The Morgan fingerprint density at radius 2 is 0.742 bits per heavy atom. The first kappa shape index (κ1) is 37.3. The van der Waals surface area contributed by atoms with Gasteiger partial charge in [-0.2, -0.15) is 0 Å². The summed E-state index contributed by atoms with van der Waals surface area (Å²) in [6.07, 6.45) is 0. The molecule has 0 aliphatic heterocycles. The van der Waals surface area contributed by atoms with Crippen LogP contribution in [0.2, 0.25) is 0 Å². The van der Waals surface area contributed by atoms with Gasteiger partial charge >= 0.3 is 0 Å². The number of rotatable bonds is 6. The highest BCUT2D eigenvalue weighted by atomic mass is 16.3. The van der Waals surface area contributed by atoms with Crippen molar-refractivity contribution in [1.82, 2.24) is 0 Å². The lowest BCUT2D eigenvalue weighted by Gasteiger charge is -2.22. The van der Waals surface area contributed by atoms with Gasteiger partial charge in [0.25, 0.3) is 0 Å². The Morgan fingerprint density at radius 1 is 0.306 bits per heavy atom. The van der Waals surface area contributed by atoms with Crippen molar-refractivity contribution in [2.75, 3.05) is 0 Å². The zero-order chi connectivity index (χ0) is 42.1. The second-order valence-corrected chi connectivity index (χ2v) is 15.7. The Bertz CT molecular complexity index is 3420. The SMILES string of the molecule is [B]c1c([B])c(O)c(-c2c3ccccc3c(-c3ccc(-c4c(-c5cc(-c6ccccc6)cc(-c6ccccc6)c5)ccc5oc6ccccc6c45)cc3)c3ccccc23)c(O)c1[B]. The van der Waals surface area contributed by atoms with Crippen LogP contribution >= 0.6 is 0 Å². The Balaban J connectivity index is 1.15. The van der Waals surface area contributed by atoms with E-state index in [0.29, 0.717) is 5.56 Å². The highest BCUT2D eigenvalue weighted by Gasteiger charge is 2.24. The topological polar surface area (TPSA) is 53.6 Å². The van der Waals surface area contributed by atoms with E-state index in [1.165, 1.54) is 0 Å². The summed E-state index contributed by atoms with van der Waals surface area (Å²) in [5, 5.41) is 28.4. The van der Waals surface area contributed by atoms with Crippen LogP contribution in [-0.2, 0) is 0 Å². The molecule has 11 rings (SSSR count). The summed E-state index contributed by atoms with van der Waals surface area (Å²) < 4.78 is 6.51. The Kier molecular flexibility index (Phi) is 8.91. The fourth-order valence-electron chi connectivity index (χ4n) is 9.27. The molecule has 3 nitrogen and oxygen atoms in total. The van der Waals surface area contributed by atoms with Crippen LogP contribution in [0.15, 0.2) is 192 Å². The minimum absolute atomic E-state index is 0.0585. The van der Waals surface area contributed by atoms with E-state index in [1.54, 1.807) is 0 Å². The average molecular weight is 786 g/mol. The largest absolute Gasteiger partial charge is 0.508 e. The molecule has 0 aliphatic rings. The number of phenolic OH excluding ortho intramolecular Hbond substituents is 2. The van der Waals surface area contributed by atoms with Gasteiger partial charge < -0.3 is 14.6 Å². The van der Waals surface area contributed by atoms with Crippen LogP contribution in [0.3, 0.4) is 0 Å². The van der Waals surface area contributed by atoms with Gasteiger partial charge in [-0.15, -0.1) is 5.46 Å². The monoisotopic (exact) mass is 786 g/mol. The summed E-state index contributed by atoms with van der Waals surface area (Å²) in [5.74, 6) is -0.632. The minimum atomic E-state index is -0.316. The number of hydrogen-bond acceptors (Lipinski definition) is 3. The first-order chi connectivity index (χ1) is 30.4. The molecule has 0 bridgehead atoms. The summed E-state index contributed by atoms with van der Waals surface area (Å²) in [6, 6.07) is 65.2. The molecule has 0 amide bonds. The van der Waals surface area contributed by atoms with Crippen molar-refractivity contribution in [3.05, 3.63) is 188 Å². The standard InChI is InChI=1S/C56H33B3O3/c57-52-53(58)55(60)51(56(61)54(52)59)49-42-19-9-7-17-40(42)47(41-18-8-10-20-43(41)49)34-23-25-35(26-24-34)48-39(27-28-46-50(48)44-21-11-12-22-45(44)62-46)38-30-36(32-13-3-1-4-14-32)29-37(31-38)33-15-5-2-6-16-33/h1-31,60-61H. The van der Waals surface area contributed by atoms with E-state index in [4.69, 9.17) is 28.0 Å². The average Bonchev–Trinajstić information content (AvgIpc) is 3.72. The van der Waals surface area contributed by atoms with E-state index in [-0.39, 0.29) is 33.5 Å². The molecule has 10 aromatic carbocycles. The third-order valence-electron chi connectivity index (χ3n) is 12.2. The molecule has 0 unspecified atom stereocenters. The van der Waals surface area contributed by atoms with Crippen LogP contribution in [-0.4, -0.2) is 33.8 Å². The van der Waals surface area contributed by atoms with Crippen molar-refractivity contribution in [1.29, 1.82) is 0 Å². The lowest BCUT2D eigenvalue weighted by Crippen LogP contribution is -2.39. The van der Waals surface area contributed by atoms with Gasteiger partial charge in [0.05, 0.1) is 5.56 Å². The maximum absolute atomic E-state index is 11.4. The number of furan rings is 1. The lowest BCUT2D eigenvalue weighted by atomic mass is 9.69. The van der Waals surface area contributed by atoms with Gasteiger partial charge in [0, 0.05) is 21.9 Å². The number of benzene rings is 10. The molecular weight excluding hydrogens is 753 g/mol. The molecule has 0 saturated heterocycles.